The molecule has 0 aliphatic carbocycles. The molecule has 0 saturated carbocycles. The van der Waals surface area contributed by atoms with Crippen LogP contribution in [0.3, 0.4) is 0 Å². The van der Waals surface area contributed by atoms with Crippen LogP contribution in [-0.4, -0.2) is 29.7 Å². The van der Waals surface area contributed by atoms with Gasteiger partial charge in [-0.1, -0.05) is 17.3 Å². The molecule has 1 aliphatic rings. The van der Waals surface area contributed by atoms with Crippen molar-refractivity contribution in [2.45, 2.75) is 32.7 Å². The van der Waals surface area contributed by atoms with Gasteiger partial charge in [0.1, 0.15) is 17.6 Å². The van der Waals surface area contributed by atoms with Crippen molar-refractivity contribution in [1.29, 1.82) is 0 Å². The number of hydrogen-bond donors (Lipinski definition) is 1. The zero-order valence-electron chi connectivity index (χ0n) is 17.1. The van der Waals surface area contributed by atoms with Crippen molar-refractivity contribution in [3.63, 3.8) is 0 Å². The Bertz CT molecular complexity index is 1080. The van der Waals surface area contributed by atoms with Crippen molar-refractivity contribution in [1.82, 2.24) is 10.1 Å². The Kier molecular flexibility index (Phi) is 5.39. The van der Waals surface area contributed by atoms with Crippen molar-refractivity contribution >= 4 is 17.3 Å². The second kappa shape index (κ2) is 8.14. The van der Waals surface area contributed by atoms with E-state index in [0.717, 1.165) is 17.8 Å². The van der Waals surface area contributed by atoms with E-state index in [1.165, 1.54) is 6.07 Å². The van der Waals surface area contributed by atoms with Gasteiger partial charge in [0.05, 0.1) is 12.8 Å². The van der Waals surface area contributed by atoms with E-state index >= 15 is 0 Å². The molecular weight excluding hydrogens is 387 g/mol. The van der Waals surface area contributed by atoms with Crippen molar-refractivity contribution in [3.05, 3.63) is 53.7 Å². The van der Waals surface area contributed by atoms with Crippen LogP contribution in [0.1, 0.15) is 37.3 Å². The Morgan fingerprint density at radius 2 is 2.10 bits per heavy atom. The van der Waals surface area contributed by atoms with Gasteiger partial charge in [0.15, 0.2) is 0 Å². The highest BCUT2D eigenvalue weighted by Crippen LogP contribution is 2.35. The van der Waals surface area contributed by atoms with E-state index in [-0.39, 0.29) is 17.8 Å². The number of hydrogen-bond acceptors (Lipinski definition) is 6. The molecule has 4 rings (SSSR count). The van der Waals surface area contributed by atoms with E-state index in [0.29, 0.717) is 41.6 Å². The van der Waals surface area contributed by atoms with Crippen LogP contribution in [0.25, 0.3) is 11.4 Å². The van der Waals surface area contributed by atoms with E-state index in [2.05, 4.69) is 15.5 Å². The molecule has 1 fully saturated rings. The molecule has 0 radical (unpaired) electrons. The fraction of sp³-hybridized carbons (Fsp3) is 0.318. The first kappa shape index (κ1) is 19.9. The van der Waals surface area contributed by atoms with Gasteiger partial charge >= 0.3 is 0 Å². The number of benzene rings is 2. The number of anilines is 2. The highest BCUT2D eigenvalue weighted by molar-refractivity contribution is 5.97. The van der Waals surface area contributed by atoms with E-state index in [1.807, 2.05) is 25.1 Å². The lowest BCUT2D eigenvalue weighted by Gasteiger charge is -2.21. The topological polar surface area (TPSA) is 80.5 Å². The highest BCUT2D eigenvalue weighted by atomic mass is 19.1. The first-order valence-electron chi connectivity index (χ1n) is 9.81. The van der Waals surface area contributed by atoms with Crippen molar-refractivity contribution in [3.8, 4) is 17.1 Å². The number of carbonyl (C=O) groups is 1. The number of halogens is 1. The summed E-state index contributed by atoms with van der Waals surface area (Å²) in [5.74, 6) is 1.12. The average Bonchev–Trinajstić information content (AvgIpc) is 3.39. The summed E-state index contributed by atoms with van der Waals surface area (Å²) in [5, 5.41) is 7.28. The molecule has 1 amide bonds. The van der Waals surface area contributed by atoms with E-state index in [9.17, 15) is 9.18 Å². The molecule has 0 bridgehead atoms. The van der Waals surface area contributed by atoms with Crippen LogP contribution in [0, 0.1) is 12.7 Å². The Morgan fingerprint density at radius 3 is 2.80 bits per heavy atom. The van der Waals surface area contributed by atoms with Crippen LogP contribution >= 0.6 is 0 Å². The van der Waals surface area contributed by atoms with E-state index in [1.54, 1.807) is 31.1 Å². The summed E-state index contributed by atoms with van der Waals surface area (Å²) in [7, 11) is 1.59. The van der Waals surface area contributed by atoms with Crippen molar-refractivity contribution in [2.24, 2.45) is 0 Å². The normalized spacial score (nSPS) is 14.8. The van der Waals surface area contributed by atoms with Gasteiger partial charge in [-0.15, -0.1) is 0 Å². The van der Waals surface area contributed by atoms with Crippen LogP contribution in [0.15, 0.2) is 40.9 Å². The summed E-state index contributed by atoms with van der Waals surface area (Å²) >= 11 is 0. The molecule has 0 unspecified atom stereocenters. The molecule has 1 aromatic heterocycles. The third-order valence-electron chi connectivity index (χ3n) is 5.17. The van der Waals surface area contributed by atoms with Crippen LogP contribution in [0.5, 0.6) is 5.75 Å². The number of rotatable bonds is 6. The predicted octanol–water partition coefficient (Wildman–Crippen LogP) is 4.49. The predicted molar refractivity (Wildman–Crippen MR) is 111 cm³/mol. The molecule has 1 atom stereocenters. The van der Waals surface area contributed by atoms with Gasteiger partial charge in [0.25, 0.3) is 0 Å². The molecule has 2 aromatic carbocycles. The lowest BCUT2D eigenvalue weighted by Crippen LogP contribution is -2.24. The fourth-order valence-corrected chi connectivity index (χ4v) is 3.47. The third-order valence-corrected chi connectivity index (χ3v) is 5.17. The molecule has 8 heteroatoms. The zero-order valence-corrected chi connectivity index (χ0v) is 17.1. The molecule has 1 N–H and O–H groups in total. The maximum Gasteiger partial charge on any atom is 0.249 e. The highest BCUT2D eigenvalue weighted by Gasteiger charge is 2.25. The van der Waals surface area contributed by atoms with Gasteiger partial charge < -0.3 is 19.5 Å². The Labute approximate surface area is 173 Å². The summed E-state index contributed by atoms with van der Waals surface area (Å²) < 4.78 is 24.6. The average molecular weight is 410 g/mol. The number of nitrogens with one attached hydrogen (secondary N) is 1. The largest absolute Gasteiger partial charge is 0.495 e. The van der Waals surface area contributed by atoms with Crippen molar-refractivity contribution < 1.29 is 18.4 Å². The summed E-state index contributed by atoms with van der Waals surface area (Å²) in [4.78, 5) is 18.3. The number of amides is 1. The zero-order chi connectivity index (χ0) is 21.3. The Balaban J connectivity index is 1.54. The fourth-order valence-electron chi connectivity index (χ4n) is 3.47. The Morgan fingerprint density at radius 1 is 1.27 bits per heavy atom. The first-order chi connectivity index (χ1) is 14.5. The second-order valence-electron chi connectivity index (χ2n) is 7.32. The maximum atomic E-state index is 13.8. The van der Waals surface area contributed by atoms with E-state index in [4.69, 9.17) is 9.26 Å². The van der Waals surface area contributed by atoms with Gasteiger partial charge in [0, 0.05) is 24.2 Å². The molecule has 3 aromatic rings. The molecule has 30 heavy (non-hydrogen) atoms. The monoisotopic (exact) mass is 410 g/mol. The molecule has 7 nitrogen and oxygen atoms in total. The number of nitrogens with zero attached hydrogens (tertiary/aromatic N) is 3. The second-order valence-corrected chi connectivity index (χ2v) is 7.32. The minimum Gasteiger partial charge on any atom is -0.495 e. The number of methoxy groups -OCH3 is 1. The minimum atomic E-state index is -0.313. The smallest absolute Gasteiger partial charge is 0.249 e. The first-order valence-corrected chi connectivity index (χ1v) is 9.81. The lowest BCUT2D eigenvalue weighted by molar-refractivity contribution is -0.117. The molecule has 1 saturated heterocycles. The molecule has 156 valence electrons. The number of aryl methyl sites for hydroxylation is 1. The standard InChI is InChI=1S/C22H23FN4O3/c1-13-6-7-15(11-17(13)23)21-25-22(30-26-21)14(2)24-16-8-9-19(29-3)18(12-16)27-10-4-5-20(27)28/h6-9,11-12,14,24H,4-5,10H2,1-3H3/t14-/m0/s1. The van der Waals surface area contributed by atoms with Gasteiger partial charge in [-0.3, -0.25) is 4.79 Å². The number of aromatic nitrogens is 2. The van der Waals surface area contributed by atoms with Gasteiger partial charge in [-0.05, 0) is 50.1 Å². The SMILES string of the molecule is COc1ccc(N[C@@H](C)c2nc(-c3ccc(C)c(F)c3)no2)cc1N1CCCC1=O. The minimum absolute atomic E-state index is 0.0883. The maximum absolute atomic E-state index is 13.8. The molecular formula is C22H23FN4O3. The van der Waals surface area contributed by atoms with Gasteiger partial charge in [0.2, 0.25) is 17.6 Å². The quantitative estimate of drug-likeness (QED) is 0.645. The number of carbonyl (C=O) groups excluding carboxylic acids is 1. The van der Waals surface area contributed by atoms with Crippen LogP contribution in [-0.2, 0) is 4.79 Å². The summed E-state index contributed by atoms with van der Waals surface area (Å²) in [6.07, 6.45) is 1.38. The van der Waals surface area contributed by atoms with Gasteiger partial charge in [-0.25, -0.2) is 4.39 Å². The van der Waals surface area contributed by atoms with E-state index < -0.39 is 0 Å². The third kappa shape index (κ3) is 3.85. The lowest BCUT2D eigenvalue weighted by atomic mass is 10.1. The number of ether oxygens (including phenoxy) is 1. The van der Waals surface area contributed by atoms with Crippen LogP contribution in [0.4, 0.5) is 15.8 Å². The van der Waals surface area contributed by atoms with Gasteiger partial charge in [-0.2, -0.15) is 4.98 Å². The summed E-state index contributed by atoms with van der Waals surface area (Å²) in [5.41, 5.74) is 2.64. The molecule has 0 spiro atoms. The molecule has 2 heterocycles. The Hall–Kier alpha value is -3.42. The van der Waals surface area contributed by atoms with Crippen LogP contribution in [0.2, 0.25) is 0 Å². The summed E-state index contributed by atoms with van der Waals surface area (Å²) in [6, 6.07) is 10.1. The molecule has 1 aliphatic heterocycles. The summed E-state index contributed by atoms with van der Waals surface area (Å²) in [6.45, 7) is 4.26. The van der Waals surface area contributed by atoms with Crippen LogP contribution < -0.4 is 15.0 Å². The van der Waals surface area contributed by atoms with Crippen molar-refractivity contribution in [2.75, 3.05) is 23.9 Å².